The van der Waals surface area contributed by atoms with Gasteiger partial charge in [0.25, 0.3) is 0 Å². The van der Waals surface area contributed by atoms with Gasteiger partial charge in [-0.1, -0.05) is 57.4 Å². The minimum absolute atomic E-state index is 0.00694. The summed E-state index contributed by atoms with van der Waals surface area (Å²) in [6, 6.07) is 7.81. The zero-order valence-electron chi connectivity index (χ0n) is 16.9. The largest absolute Gasteiger partial charge is 0.662 e. The fourth-order valence-electron chi connectivity index (χ4n) is 4.61. The van der Waals surface area contributed by atoms with Crippen LogP contribution in [0.3, 0.4) is 0 Å². The minimum atomic E-state index is 0.00694. The van der Waals surface area contributed by atoms with Crippen LogP contribution in [-0.4, -0.2) is 42.2 Å². The van der Waals surface area contributed by atoms with Crippen LogP contribution in [0, 0.1) is 0 Å². The molecule has 0 radical (unpaired) electrons. The Morgan fingerprint density at radius 3 is 1.48 bits per heavy atom. The van der Waals surface area contributed by atoms with Crippen molar-refractivity contribution in [3.63, 3.8) is 0 Å². The molecule has 165 valence electrons. The molecule has 4 rings (SSSR count). The van der Waals surface area contributed by atoms with Gasteiger partial charge in [0.2, 0.25) is 0 Å². The van der Waals surface area contributed by atoms with Gasteiger partial charge in [0.1, 0.15) is 0 Å². The Bertz CT molecular complexity index is 549. The van der Waals surface area contributed by atoms with Gasteiger partial charge in [-0.05, 0) is 12.1 Å². The summed E-state index contributed by atoms with van der Waals surface area (Å²) < 4.78 is 0. The standard InChI is InChI=1S/C21H31N5.2ClH.Mn/c1-3-10-20-18(8-1)22-12-13-23-19-9-2-4-11-21(19)25-15-17-7-5-6-16(26-17)14-24-20;;;/h5-7,18-21H,1-4,8-15H2;2*1H;/q-4;;;+2/p-2/t18?,19?,20-,21?;;;/m1.../s1. The summed E-state index contributed by atoms with van der Waals surface area (Å²) in [4.78, 5) is 4.81. The molecule has 3 aliphatic rings. The molecule has 0 spiro atoms. The van der Waals surface area contributed by atoms with E-state index in [2.05, 4.69) is 18.2 Å². The van der Waals surface area contributed by atoms with Crippen LogP contribution in [0.25, 0.3) is 21.3 Å². The number of nitrogens with zero attached hydrogens (tertiary/aromatic N) is 5. The Morgan fingerprint density at radius 2 is 1.07 bits per heavy atom. The fraction of sp³-hybridized carbons (Fsp3) is 0.762. The smallest absolute Gasteiger partial charge is 0.0201 e. The molecule has 2 fully saturated rings. The summed E-state index contributed by atoms with van der Waals surface area (Å²) in [5, 5.41) is 19.9. The van der Waals surface area contributed by atoms with E-state index in [1.54, 1.807) is 0 Å². The topological polar surface area (TPSA) is 69.3 Å². The van der Waals surface area contributed by atoms with E-state index in [4.69, 9.17) is 46.4 Å². The van der Waals surface area contributed by atoms with Crippen LogP contribution in [-0.2, 0) is 26.2 Å². The molecule has 1 aromatic rings. The zero-order valence-corrected chi connectivity index (χ0v) is 19.6. The summed E-state index contributed by atoms with van der Waals surface area (Å²) in [6.07, 6.45) is 9.84. The molecule has 2 bridgehead atoms. The second-order valence-electron chi connectivity index (χ2n) is 8.01. The molecule has 29 heavy (non-hydrogen) atoms. The number of pyridine rings is 1. The van der Waals surface area contributed by atoms with Gasteiger partial charge in [-0.2, -0.15) is 37.3 Å². The Labute approximate surface area is 190 Å². The maximum atomic E-state index is 4.99. The van der Waals surface area contributed by atoms with Crippen LogP contribution >= 0.6 is 20.2 Å². The van der Waals surface area contributed by atoms with Gasteiger partial charge in [0.15, 0.2) is 0 Å². The molecule has 8 heteroatoms. The van der Waals surface area contributed by atoms with E-state index in [1.807, 2.05) is 0 Å². The first-order chi connectivity index (χ1) is 14.3. The van der Waals surface area contributed by atoms with Crippen molar-refractivity contribution in [3.05, 3.63) is 50.9 Å². The van der Waals surface area contributed by atoms with Gasteiger partial charge in [0.05, 0.1) is 0 Å². The number of fused-ring (bicyclic) bond motifs is 4. The zero-order chi connectivity index (χ0) is 20.3. The third-order valence-electron chi connectivity index (χ3n) is 6.06. The average molecular weight is 479 g/mol. The monoisotopic (exact) mass is 478 g/mol. The van der Waals surface area contributed by atoms with Gasteiger partial charge in [-0.15, -0.1) is 13.1 Å². The maximum absolute atomic E-state index is 4.99. The first-order valence-corrected chi connectivity index (χ1v) is 14.0. The maximum Gasteiger partial charge on any atom is 0.0201 e. The van der Waals surface area contributed by atoms with Gasteiger partial charge >= 0.3 is 33.3 Å². The van der Waals surface area contributed by atoms with Crippen molar-refractivity contribution in [2.24, 2.45) is 0 Å². The molecule has 5 nitrogen and oxygen atoms in total. The van der Waals surface area contributed by atoms with E-state index in [9.17, 15) is 0 Å². The van der Waals surface area contributed by atoms with Gasteiger partial charge in [-0.25, -0.2) is 0 Å². The van der Waals surface area contributed by atoms with Crippen molar-refractivity contribution in [1.29, 1.82) is 0 Å². The SMILES string of the molecule is [Cl][Mn][Cl].c1cc2nc(c1)C[N-][C@@H]1CCCCC1[N-]CC[N-]C1CCCCC1[N-]C2. The molecule has 1 aromatic heterocycles. The van der Waals surface area contributed by atoms with E-state index in [0.717, 1.165) is 24.5 Å². The Kier molecular flexibility index (Phi) is 11.0. The molecule has 0 saturated heterocycles. The van der Waals surface area contributed by atoms with Crippen LogP contribution in [0.2, 0.25) is 0 Å². The van der Waals surface area contributed by atoms with Crippen molar-refractivity contribution in [2.75, 3.05) is 13.1 Å². The normalized spacial score (nSPS) is 31.1. The van der Waals surface area contributed by atoms with Crippen molar-refractivity contribution in [1.82, 2.24) is 4.98 Å². The van der Waals surface area contributed by atoms with Gasteiger partial charge < -0.3 is 21.3 Å². The molecule has 2 aliphatic carbocycles. The quantitative estimate of drug-likeness (QED) is 0.387. The first-order valence-electron chi connectivity index (χ1n) is 10.8. The predicted octanol–water partition coefficient (Wildman–Crippen LogP) is 6.59. The third kappa shape index (κ3) is 7.93. The fourth-order valence-corrected chi connectivity index (χ4v) is 4.61. The number of rotatable bonds is 0. The summed E-state index contributed by atoms with van der Waals surface area (Å²) in [5.41, 5.74) is 2.14. The molecule has 0 N–H and O–H groups in total. The second-order valence-corrected chi connectivity index (χ2v) is 9.96. The molecule has 2 saturated carbocycles. The Hall–Kier alpha value is 0.0895. The third-order valence-corrected chi connectivity index (χ3v) is 6.06. The Morgan fingerprint density at radius 1 is 0.690 bits per heavy atom. The van der Waals surface area contributed by atoms with Crippen LogP contribution in [0.5, 0.6) is 0 Å². The van der Waals surface area contributed by atoms with Gasteiger partial charge in [0, 0.05) is 11.4 Å². The molecule has 4 atom stereocenters. The average Bonchev–Trinajstić information content (AvgIpc) is 2.76. The van der Waals surface area contributed by atoms with Crippen molar-refractivity contribution in [3.8, 4) is 0 Å². The minimum Gasteiger partial charge on any atom is -0.662 e. The molecule has 3 unspecified atom stereocenters. The first kappa shape index (κ1) is 23.7. The number of hydrogen-bond donors (Lipinski definition) is 0. The van der Waals surface area contributed by atoms with E-state index in [1.165, 1.54) is 51.4 Å². The van der Waals surface area contributed by atoms with Gasteiger partial charge in [-0.3, -0.25) is 4.98 Å². The van der Waals surface area contributed by atoms with E-state index >= 15 is 0 Å². The summed E-state index contributed by atoms with van der Waals surface area (Å²) >= 11 is 0.00694. The molecule has 1 aliphatic heterocycles. The number of aromatic nitrogens is 1. The van der Waals surface area contributed by atoms with Crippen molar-refractivity contribution >= 4 is 20.2 Å². The molecular formula is C21H31Cl2MnN5-4. The summed E-state index contributed by atoms with van der Waals surface area (Å²) in [7, 11) is 9.59. The van der Waals surface area contributed by atoms with Crippen LogP contribution in [0.15, 0.2) is 18.2 Å². The van der Waals surface area contributed by atoms with Crippen molar-refractivity contribution in [2.45, 2.75) is 88.6 Å². The van der Waals surface area contributed by atoms with Crippen LogP contribution in [0.1, 0.15) is 62.8 Å². The summed E-state index contributed by atoms with van der Waals surface area (Å²) in [5.74, 6) is 0. The number of halogens is 2. The van der Waals surface area contributed by atoms with E-state index in [0.29, 0.717) is 37.3 Å². The molecule has 0 amide bonds. The predicted molar refractivity (Wildman–Crippen MR) is 119 cm³/mol. The number of hydrogen-bond acceptors (Lipinski definition) is 1. The van der Waals surface area contributed by atoms with Crippen LogP contribution < -0.4 is 0 Å². The molecule has 2 heterocycles. The van der Waals surface area contributed by atoms with E-state index < -0.39 is 0 Å². The molecule has 0 aromatic carbocycles. The van der Waals surface area contributed by atoms with Crippen LogP contribution in [0.4, 0.5) is 0 Å². The van der Waals surface area contributed by atoms with Crippen molar-refractivity contribution < 1.29 is 13.1 Å². The Balaban J connectivity index is 0.000000755. The summed E-state index contributed by atoms with van der Waals surface area (Å²) in [6.45, 7) is 3.12. The second kappa shape index (κ2) is 13.5. The van der Waals surface area contributed by atoms with E-state index in [-0.39, 0.29) is 13.1 Å². The molecular weight excluding hydrogens is 448 g/mol.